The van der Waals surface area contributed by atoms with Gasteiger partial charge in [0.1, 0.15) is 6.10 Å². The van der Waals surface area contributed by atoms with Crippen LogP contribution in [0.25, 0.3) is 0 Å². The van der Waals surface area contributed by atoms with Crippen LogP contribution in [-0.4, -0.2) is 40.6 Å². The molecule has 1 aromatic carbocycles. The Bertz CT molecular complexity index is 646. The van der Waals surface area contributed by atoms with Gasteiger partial charge in [-0.1, -0.05) is 18.2 Å². The molecule has 2 saturated heterocycles. The van der Waals surface area contributed by atoms with Crippen molar-refractivity contribution in [1.82, 2.24) is 4.90 Å². The zero-order valence-corrected chi connectivity index (χ0v) is 12.7. The van der Waals surface area contributed by atoms with E-state index in [2.05, 4.69) is 29.6 Å². The van der Waals surface area contributed by atoms with Crippen LogP contribution in [0.15, 0.2) is 24.3 Å². The van der Waals surface area contributed by atoms with Gasteiger partial charge < -0.3 is 15.3 Å². The number of nitrogens with zero attached hydrogens (tertiary/aromatic N) is 1. The lowest BCUT2D eigenvalue weighted by Crippen LogP contribution is -2.67. The van der Waals surface area contributed by atoms with Gasteiger partial charge in [0.25, 0.3) is 5.91 Å². The number of anilines is 1. The number of nitrogens with one attached hydrogen (secondary N) is 1. The third-order valence-corrected chi connectivity index (χ3v) is 6.59. The normalized spacial score (nSPS) is 42.2. The molecule has 0 aromatic heterocycles. The third kappa shape index (κ3) is 1.49. The molecule has 2 bridgehead atoms. The number of amides is 1. The van der Waals surface area contributed by atoms with Gasteiger partial charge in [-0.3, -0.25) is 4.79 Å². The van der Waals surface area contributed by atoms with E-state index < -0.39 is 6.10 Å². The van der Waals surface area contributed by atoms with E-state index in [1.54, 1.807) is 0 Å². The number of carbonyl (C=O) groups excluding carboxylic acids is 1. The fourth-order valence-electron chi connectivity index (χ4n) is 5.81. The summed E-state index contributed by atoms with van der Waals surface area (Å²) in [4.78, 5) is 14.6. The average Bonchev–Trinajstić information content (AvgIpc) is 2.91. The molecule has 4 aliphatic rings. The summed E-state index contributed by atoms with van der Waals surface area (Å²) in [6.07, 6.45) is 4.40. The van der Waals surface area contributed by atoms with Gasteiger partial charge in [-0.05, 0) is 49.1 Å². The molecule has 1 saturated carbocycles. The highest BCUT2D eigenvalue weighted by Crippen LogP contribution is 2.59. The van der Waals surface area contributed by atoms with Gasteiger partial charge in [0.15, 0.2) is 0 Å². The predicted octanol–water partition coefficient (Wildman–Crippen LogP) is 2.10. The van der Waals surface area contributed by atoms with Gasteiger partial charge in [0, 0.05) is 30.2 Å². The van der Waals surface area contributed by atoms with Gasteiger partial charge in [0.05, 0.1) is 0 Å². The Balaban J connectivity index is 1.64. The van der Waals surface area contributed by atoms with Crippen molar-refractivity contribution in [1.29, 1.82) is 0 Å². The van der Waals surface area contributed by atoms with E-state index in [4.69, 9.17) is 0 Å². The van der Waals surface area contributed by atoms with E-state index in [0.29, 0.717) is 18.4 Å². The Kier molecular flexibility index (Phi) is 2.50. The number of rotatable bonds is 0. The second kappa shape index (κ2) is 4.25. The zero-order chi connectivity index (χ0) is 14.9. The van der Waals surface area contributed by atoms with E-state index in [1.165, 1.54) is 11.3 Å². The zero-order valence-electron chi connectivity index (χ0n) is 12.7. The summed E-state index contributed by atoms with van der Waals surface area (Å²) in [5.74, 6) is 0.354. The molecule has 5 rings (SSSR count). The number of benzene rings is 1. The summed E-state index contributed by atoms with van der Waals surface area (Å²) in [6, 6.07) is 9.28. The molecule has 1 aromatic rings. The van der Waals surface area contributed by atoms with E-state index in [-0.39, 0.29) is 17.4 Å². The highest BCUT2D eigenvalue weighted by atomic mass is 16.3. The Labute approximate surface area is 130 Å². The molecule has 5 atom stereocenters. The number of aliphatic hydroxyl groups is 1. The number of piperidine rings is 2. The summed E-state index contributed by atoms with van der Waals surface area (Å²) in [7, 11) is 0. The number of hydrogen-bond donors (Lipinski definition) is 2. The van der Waals surface area contributed by atoms with Crippen molar-refractivity contribution >= 4 is 11.6 Å². The monoisotopic (exact) mass is 298 g/mol. The van der Waals surface area contributed by atoms with E-state index in [9.17, 15) is 9.90 Å². The fraction of sp³-hybridized carbons (Fsp3) is 0.611. The second-order valence-electron chi connectivity index (χ2n) is 7.56. The Hall–Kier alpha value is -1.55. The number of fused-ring (bicyclic) bond motifs is 3. The van der Waals surface area contributed by atoms with Crippen molar-refractivity contribution in [3.05, 3.63) is 29.8 Å². The molecular weight excluding hydrogens is 276 g/mol. The lowest BCUT2D eigenvalue weighted by molar-refractivity contribution is -0.170. The predicted molar refractivity (Wildman–Crippen MR) is 83.6 cm³/mol. The molecule has 2 N–H and O–H groups in total. The van der Waals surface area contributed by atoms with Crippen LogP contribution in [-0.2, 0) is 4.79 Å². The van der Waals surface area contributed by atoms with Crippen LogP contribution in [0.3, 0.4) is 0 Å². The van der Waals surface area contributed by atoms with Crippen molar-refractivity contribution in [2.24, 2.45) is 5.41 Å². The summed E-state index contributed by atoms with van der Waals surface area (Å²) in [5, 5.41) is 13.9. The van der Waals surface area contributed by atoms with Gasteiger partial charge in [0.2, 0.25) is 0 Å². The molecule has 0 spiro atoms. The first-order chi connectivity index (χ1) is 10.7. The first kappa shape index (κ1) is 12.9. The Morgan fingerprint density at radius 2 is 2.14 bits per heavy atom. The van der Waals surface area contributed by atoms with E-state index in [0.717, 1.165) is 32.2 Å². The van der Waals surface area contributed by atoms with Gasteiger partial charge in [-0.2, -0.15) is 0 Å². The number of para-hydroxylation sites is 1. The van der Waals surface area contributed by atoms with Crippen molar-refractivity contribution < 1.29 is 9.90 Å². The SMILES string of the molecule is O=C1[C@H](O)C[C@]23CCCN1[C@@H]2C1c2ccccc2NC1CC3. The lowest BCUT2D eigenvalue weighted by Gasteiger charge is -2.60. The van der Waals surface area contributed by atoms with Crippen LogP contribution < -0.4 is 5.32 Å². The van der Waals surface area contributed by atoms with Gasteiger partial charge in [-0.15, -0.1) is 0 Å². The minimum absolute atomic E-state index is 0.0367. The highest BCUT2D eigenvalue weighted by Gasteiger charge is 2.60. The maximum atomic E-state index is 12.5. The van der Waals surface area contributed by atoms with E-state index >= 15 is 0 Å². The molecule has 0 radical (unpaired) electrons. The van der Waals surface area contributed by atoms with Crippen LogP contribution in [0.2, 0.25) is 0 Å². The van der Waals surface area contributed by atoms with Crippen molar-refractivity contribution in [2.45, 2.75) is 56.2 Å². The topological polar surface area (TPSA) is 52.6 Å². The highest BCUT2D eigenvalue weighted by molar-refractivity contribution is 5.83. The first-order valence-electron chi connectivity index (χ1n) is 8.54. The molecule has 116 valence electrons. The summed E-state index contributed by atoms with van der Waals surface area (Å²) in [5.41, 5.74) is 2.75. The fourth-order valence-corrected chi connectivity index (χ4v) is 5.81. The average molecular weight is 298 g/mol. The molecule has 22 heavy (non-hydrogen) atoms. The molecule has 2 unspecified atom stereocenters. The minimum atomic E-state index is -0.780. The first-order valence-corrected chi connectivity index (χ1v) is 8.54. The van der Waals surface area contributed by atoms with Crippen molar-refractivity contribution in [2.75, 3.05) is 11.9 Å². The molecule has 1 amide bonds. The number of hydrogen-bond acceptors (Lipinski definition) is 3. The molecular formula is C18H22N2O2. The maximum absolute atomic E-state index is 12.5. The number of aliphatic hydroxyl groups excluding tert-OH is 1. The van der Waals surface area contributed by atoms with Crippen LogP contribution in [0, 0.1) is 5.41 Å². The Morgan fingerprint density at radius 3 is 3.05 bits per heavy atom. The largest absolute Gasteiger partial charge is 0.383 e. The van der Waals surface area contributed by atoms with Crippen LogP contribution >= 0.6 is 0 Å². The lowest BCUT2D eigenvalue weighted by atomic mass is 9.55. The molecule has 3 fully saturated rings. The minimum Gasteiger partial charge on any atom is -0.383 e. The van der Waals surface area contributed by atoms with Crippen LogP contribution in [0.5, 0.6) is 0 Å². The van der Waals surface area contributed by atoms with Gasteiger partial charge >= 0.3 is 0 Å². The van der Waals surface area contributed by atoms with Gasteiger partial charge in [-0.25, -0.2) is 0 Å². The summed E-state index contributed by atoms with van der Waals surface area (Å²) in [6.45, 7) is 0.813. The smallest absolute Gasteiger partial charge is 0.251 e. The molecule has 3 heterocycles. The maximum Gasteiger partial charge on any atom is 0.251 e. The molecule has 4 nitrogen and oxygen atoms in total. The van der Waals surface area contributed by atoms with E-state index in [1.807, 2.05) is 4.90 Å². The molecule has 1 aliphatic carbocycles. The molecule has 3 aliphatic heterocycles. The Morgan fingerprint density at radius 1 is 1.27 bits per heavy atom. The quantitative estimate of drug-likeness (QED) is 0.771. The summed E-state index contributed by atoms with van der Waals surface area (Å²) < 4.78 is 0. The third-order valence-electron chi connectivity index (χ3n) is 6.59. The van der Waals surface area contributed by atoms with Crippen molar-refractivity contribution in [3.8, 4) is 0 Å². The van der Waals surface area contributed by atoms with Crippen molar-refractivity contribution in [3.63, 3.8) is 0 Å². The van der Waals surface area contributed by atoms with Crippen LogP contribution in [0.1, 0.15) is 43.6 Å². The van der Waals surface area contributed by atoms with Crippen LogP contribution in [0.4, 0.5) is 5.69 Å². The summed E-state index contributed by atoms with van der Waals surface area (Å²) >= 11 is 0. The standard InChI is InChI=1S/C18H22N2O2/c21-14-10-18-7-3-9-20(17(14)22)16(18)15-11-4-1-2-5-12(11)19-13(15)6-8-18/h1-2,4-5,13-16,19,21H,3,6-10H2/t13?,14-,15?,16-,18-/m1/s1. The second-order valence-corrected chi connectivity index (χ2v) is 7.56. The number of carbonyl (C=O) groups is 1. The molecule has 4 heteroatoms.